The summed E-state index contributed by atoms with van der Waals surface area (Å²) in [5.74, 6) is -0.0655. The zero-order chi connectivity index (χ0) is 16.8. The van der Waals surface area contributed by atoms with Crippen LogP contribution in [-0.4, -0.2) is 62.1 Å². The molecule has 1 aromatic carbocycles. The molecular formula is C17H25N3O3. The average molecular weight is 319 g/mol. The Labute approximate surface area is 137 Å². The number of cyclic esters (lactones) is 1. The maximum absolute atomic E-state index is 12.5. The van der Waals surface area contributed by atoms with Crippen LogP contribution in [0.5, 0.6) is 0 Å². The molecule has 1 aliphatic rings. The van der Waals surface area contributed by atoms with Crippen LogP contribution < -0.4 is 5.32 Å². The molecule has 1 aromatic rings. The third-order valence-electron chi connectivity index (χ3n) is 3.89. The second-order valence-corrected chi connectivity index (χ2v) is 6.02. The summed E-state index contributed by atoms with van der Waals surface area (Å²) in [5, 5.41) is 2.91. The minimum atomic E-state index is -0.344. The molecular weight excluding hydrogens is 294 g/mol. The van der Waals surface area contributed by atoms with Crippen molar-refractivity contribution >= 4 is 12.0 Å². The smallest absolute Gasteiger partial charge is 0.409 e. The molecule has 0 radical (unpaired) electrons. The summed E-state index contributed by atoms with van der Waals surface area (Å²) < 4.78 is 4.98. The van der Waals surface area contributed by atoms with E-state index in [1.54, 1.807) is 4.90 Å². The summed E-state index contributed by atoms with van der Waals surface area (Å²) in [5.41, 5.74) is 2.12. The number of nitrogens with one attached hydrogen (secondary N) is 1. The highest BCUT2D eigenvalue weighted by Gasteiger charge is 2.23. The number of carbonyl (C=O) groups excluding carboxylic acids is 2. The van der Waals surface area contributed by atoms with Gasteiger partial charge in [0, 0.05) is 19.6 Å². The molecule has 1 unspecified atom stereocenters. The van der Waals surface area contributed by atoms with Gasteiger partial charge in [-0.05, 0) is 33.0 Å². The molecule has 0 aromatic heterocycles. The lowest BCUT2D eigenvalue weighted by atomic mass is 10.0. The largest absolute Gasteiger partial charge is 0.449 e. The van der Waals surface area contributed by atoms with E-state index in [0.717, 1.165) is 17.5 Å². The number of hydrogen-bond acceptors (Lipinski definition) is 4. The van der Waals surface area contributed by atoms with Crippen LogP contribution in [0.25, 0.3) is 0 Å². The van der Waals surface area contributed by atoms with E-state index in [-0.39, 0.29) is 18.0 Å². The maximum Gasteiger partial charge on any atom is 0.409 e. The number of likely N-dealkylation sites (N-methyl/N-ethyl adjacent to an activating group) is 1. The van der Waals surface area contributed by atoms with Crippen molar-refractivity contribution in [3.63, 3.8) is 0 Å². The van der Waals surface area contributed by atoms with Gasteiger partial charge >= 0.3 is 6.09 Å². The van der Waals surface area contributed by atoms with Crippen LogP contribution in [0.1, 0.15) is 23.6 Å². The van der Waals surface area contributed by atoms with Crippen LogP contribution >= 0.6 is 0 Å². The molecule has 6 heteroatoms. The van der Waals surface area contributed by atoms with Crippen molar-refractivity contribution in [2.75, 3.05) is 40.3 Å². The Morgan fingerprint density at radius 1 is 1.35 bits per heavy atom. The lowest BCUT2D eigenvalue weighted by Gasteiger charge is -2.27. The first-order valence-corrected chi connectivity index (χ1v) is 7.91. The molecule has 23 heavy (non-hydrogen) atoms. The topological polar surface area (TPSA) is 61.9 Å². The van der Waals surface area contributed by atoms with E-state index in [4.69, 9.17) is 4.74 Å². The summed E-state index contributed by atoms with van der Waals surface area (Å²) in [6, 6.07) is 7.61. The van der Waals surface area contributed by atoms with Crippen molar-refractivity contribution < 1.29 is 14.3 Å². The molecule has 1 atom stereocenters. The molecule has 1 N–H and O–H groups in total. The number of ether oxygens (including phenoxy) is 1. The van der Waals surface area contributed by atoms with Gasteiger partial charge in [0.1, 0.15) is 6.04 Å². The summed E-state index contributed by atoms with van der Waals surface area (Å²) in [6.07, 6.45) is 0.539. The predicted octanol–water partition coefficient (Wildman–Crippen LogP) is 1.56. The summed E-state index contributed by atoms with van der Waals surface area (Å²) >= 11 is 0. The van der Waals surface area contributed by atoms with Crippen LogP contribution in [0.2, 0.25) is 0 Å². The van der Waals surface area contributed by atoms with Crippen LogP contribution in [0.4, 0.5) is 4.79 Å². The predicted molar refractivity (Wildman–Crippen MR) is 88.2 cm³/mol. The van der Waals surface area contributed by atoms with Gasteiger partial charge in [-0.2, -0.15) is 0 Å². The van der Waals surface area contributed by atoms with Gasteiger partial charge in [0.25, 0.3) is 0 Å². The molecule has 0 saturated carbocycles. The highest BCUT2D eigenvalue weighted by molar-refractivity contribution is 5.83. The molecule has 1 saturated heterocycles. The zero-order valence-electron chi connectivity index (χ0n) is 14.0. The number of amides is 2. The monoisotopic (exact) mass is 319 g/mol. The van der Waals surface area contributed by atoms with Crippen molar-refractivity contribution in [3.05, 3.63) is 35.4 Å². The first-order valence-electron chi connectivity index (χ1n) is 7.91. The number of hydrogen-bond donors (Lipinski definition) is 1. The van der Waals surface area contributed by atoms with Gasteiger partial charge in [-0.3, -0.25) is 9.69 Å². The third-order valence-corrected chi connectivity index (χ3v) is 3.89. The molecule has 0 spiro atoms. The number of benzene rings is 1. The lowest BCUT2D eigenvalue weighted by molar-refractivity contribution is -0.125. The van der Waals surface area contributed by atoms with E-state index in [0.29, 0.717) is 26.2 Å². The van der Waals surface area contributed by atoms with Crippen LogP contribution in [0.15, 0.2) is 24.3 Å². The molecule has 6 nitrogen and oxygen atoms in total. The molecule has 0 bridgehead atoms. The van der Waals surface area contributed by atoms with Crippen LogP contribution in [-0.2, 0) is 9.53 Å². The Morgan fingerprint density at radius 3 is 2.65 bits per heavy atom. The second-order valence-electron chi connectivity index (χ2n) is 6.02. The molecule has 1 fully saturated rings. The van der Waals surface area contributed by atoms with Crippen LogP contribution in [0.3, 0.4) is 0 Å². The minimum Gasteiger partial charge on any atom is -0.449 e. The normalized spacial score (nSPS) is 16.2. The second kappa shape index (κ2) is 7.97. The molecule has 1 aliphatic heterocycles. The average Bonchev–Trinajstić information content (AvgIpc) is 2.51. The van der Waals surface area contributed by atoms with E-state index in [1.165, 1.54) is 0 Å². The van der Waals surface area contributed by atoms with E-state index in [2.05, 4.69) is 5.32 Å². The number of nitrogens with zero attached hydrogens (tertiary/aromatic N) is 2. The lowest BCUT2D eigenvalue weighted by Crippen LogP contribution is -2.44. The van der Waals surface area contributed by atoms with Crippen molar-refractivity contribution in [1.82, 2.24) is 15.1 Å². The zero-order valence-corrected chi connectivity index (χ0v) is 14.0. The fourth-order valence-corrected chi connectivity index (χ4v) is 2.64. The standard InChI is InChI=1S/C17H25N3O3/c1-13-5-7-14(8-6-13)15(19(2)3)16(21)18-9-11-20-10-4-12-23-17(20)22/h5-8,15H,4,9-12H2,1-3H3,(H,18,21). The van der Waals surface area contributed by atoms with Gasteiger partial charge in [0.15, 0.2) is 0 Å². The number of aryl methyl sites for hydroxylation is 1. The minimum absolute atomic E-state index is 0.0655. The van der Waals surface area contributed by atoms with E-state index in [9.17, 15) is 9.59 Å². The first-order chi connectivity index (χ1) is 11.0. The van der Waals surface area contributed by atoms with Gasteiger partial charge < -0.3 is 15.0 Å². The fraction of sp³-hybridized carbons (Fsp3) is 0.529. The SMILES string of the molecule is Cc1ccc(C(C(=O)NCCN2CCCOC2=O)N(C)C)cc1. The quantitative estimate of drug-likeness (QED) is 0.864. The van der Waals surface area contributed by atoms with E-state index < -0.39 is 0 Å². The molecule has 1 heterocycles. The van der Waals surface area contributed by atoms with Crippen molar-refractivity contribution in [2.24, 2.45) is 0 Å². The molecule has 0 aliphatic carbocycles. The summed E-state index contributed by atoms with van der Waals surface area (Å²) in [4.78, 5) is 27.6. The van der Waals surface area contributed by atoms with Gasteiger partial charge in [-0.25, -0.2) is 4.79 Å². The maximum atomic E-state index is 12.5. The Hall–Kier alpha value is -2.08. The number of carbonyl (C=O) groups is 2. The highest BCUT2D eigenvalue weighted by atomic mass is 16.6. The summed E-state index contributed by atoms with van der Waals surface area (Å²) in [7, 11) is 3.76. The van der Waals surface area contributed by atoms with Gasteiger partial charge in [0.2, 0.25) is 5.91 Å². The first kappa shape index (κ1) is 17.3. The van der Waals surface area contributed by atoms with Gasteiger partial charge in [-0.1, -0.05) is 29.8 Å². The van der Waals surface area contributed by atoms with Crippen LogP contribution in [0, 0.1) is 6.92 Å². The van der Waals surface area contributed by atoms with Crippen molar-refractivity contribution in [1.29, 1.82) is 0 Å². The molecule has 126 valence electrons. The molecule has 2 amide bonds. The molecule has 2 rings (SSSR count). The Morgan fingerprint density at radius 2 is 2.04 bits per heavy atom. The van der Waals surface area contributed by atoms with Gasteiger partial charge in [-0.15, -0.1) is 0 Å². The third kappa shape index (κ3) is 4.69. The van der Waals surface area contributed by atoms with Gasteiger partial charge in [0.05, 0.1) is 6.61 Å². The fourth-order valence-electron chi connectivity index (χ4n) is 2.64. The Balaban J connectivity index is 1.91. The summed E-state index contributed by atoms with van der Waals surface area (Å²) in [6.45, 7) is 4.08. The number of rotatable bonds is 6. The Bertz CT molecular complexity index is 543. The Kier molecular flexibility index (Phi) is 5.98. The van der Waals surface area contributed by atoms with E-state index >= 15 is 0 Å². The van der Waals surface area contributed by atoms with E-state index in [1.807, 2.05) is 50.2 Å². The van der Waals surface area contributed by atoms with Crippen molar-refractivity contribution in [2.45, 2.75) is 19.4 Å². The van der Waals surface area contributed by atoms with Crippen molar-refractivity contribution in [3.8, 4) is 0 Å². The highest BCUT2D eigenvalue weighted by Crippen LogP contribution is 2.18.